The summed E-state index contributed by atoms with van der Waals surface area (Å²) in [6.07, 6.45) is 1.81. The maximum Gasteiger partial charge on any atom is 0.169 e. The van der Waals surface area contributed by atoms with E-state index in [0.29, 0.717) is 5.82 Å². The van der Waals surface area contributed by atoms with Gasteiger partial charge in [-0.05, 0) is 25.5 Å². The molecule has 2 unspecified atom stereocenters. The van der Waals surface area contributed by atoms with Crippen LogP contribution in [-0.4, -0.2) is 15.1 Å². The number of rotatable bonds is 2. The Labute approximate surface area is 112 Å². The summed E-state index contributed by atoms with van der Waals surface area (Å²) in [5.41, 5.74) is 2.76. The lowest BCUT2D eigenvalue weighted by atomic mass is 10.1. The molecular formula is C15H16N2O2. The van der Waals surface area contributed by atoms with Crippen molar-refractivity contribution in [3.8, 4) is 5.75 Å². The summed E-state index contributed by atoms with van der Waals surface area (Å²) >= 11 is 0. The molecule has 1 aliphatic heterocycles. The molecule has 0 aliphatic carbocycles. The minimum atomic E-state index is -0.546. The van der Waals surface area contributed by atoms with Gasteiger partial charge in [0.2, 0.25) is 0 Å². The van der Waals surface area contributed by atoms with Crippen LogP contribution in [0.3, 0.4) is 0 Å². The van der Waals surface area contributed by atoms with Gasteiger partial charge in [0.05, 0.1) is 6.10 Å². The fraction of sp³-hybridized carbons (Fsp3) is 0.333. The molecule has 98 valence electrons. The maximum absolute atomic E-state index is 9.59. The van der Waals surface area contributed by atoms with Crippen LogP contribution in [0.4, 0.5) is 0 Å². The van der Waals surface area contributed by atoms with Gasteiger partial charge in [0, 0.05) is 23.9 Å². The summed E-state index contributed by atoms with van der Waals surface area (Å²) in [6.45, 7) is 3.60. The normalized spacial score (nSPS) is 18.8. The average Bonchev–Trinajstić information content (AvgIpc) is 2.81. The summed E-state index contributed by atoms with van der Waals surface area (Å²) in [7, 11) is 0. The second-order valence-electron chi connectivity index (χ2n) is 4.86. The predicted octanol–water partition coefficient (Wildman–Crippen LogP) is 2.51. The maximum atomic E-state index is 9.59. The molecule has 0 bridgehead atoms. The number of aliphatic hydroxyl groups excluding tert-OH is 1. The Hall–Kier alpha value is -1.94. The highest BCUT2D eigenvalue weighted by Crippen LogP contribution is 2.35. The van der Waals surface area contributed by atoms with Crippen LogP contribution in [0.2, 0.25) is 0 Å². The van der Waals surface area contributed by atoms with E-state index in [1.807, 2.05) is 25.1 Å². The van der Waals surface area contributed by atoms with Gasteiger partial charge in [0.1, 0.15) is 5.75 Å². The molecule has 0 amide bonds. The van der Waals surface area contributed by atoms with E-state index in [9.17, 15) is 5.11 Å². The first-order valence-corrected chi connectivity index (χ1v) is 6.41. The Morgan fingerprint density at radius 1 is 1.37 bits per heavy atom. The smallest absolute Gasteiger partial charge is 0.169 e. The van der Waals surface area contributed by atoms with Crippen molar-refractivity contribution in [2.75, 3.05) is 0 Å². The van der Waals surface area contributed by atoms with Crippen molar-refractivity contribution < 1.29 is 9.84 Å². The Kier molecular flexibility index (Phi) is 2.95. The van der Waals surface area contributed by atoms with Gasteiger partial charge >= 0.3 is 0 Å². The molecule has 0 saturated heterocycles. The lowest BCUT2D eigenvalue weighted by molar-refractivity contribution is 0.195. The average molecular weight is 256 g/mol. The molecule has 3 rings (SSSR count). The van der Waals surface area contributed by atoms with Crippen LogP contribution >= 0.6 is 0 Å². The minimum Gasteiger partial charge on any atom is -0.482 e. The third-order valence-electron chi connectivity index (χ3n) is 3.42. The molecule has 1 aromatic carbocycles. The number of nitrogens with zero attached hydrogens (tertiary/aromatic N) is 2. The van der Waals surface area contributed by atoms with Crippen LogP contribution in [0.15, 0.2) is 30.5 Å². The molecule has 4 nitrogen and oxygen atoms in total. The largest absolute Gasteiger partial charge is 0.482 e. The third kappa shape index (κ3) is 2.19. The van der Waals surface area contributed by atoms with Crippen LogP contribution < -0.4 is 4.74 Å². The van der Waals surface area contributed by atoms with E-state index in [4.69, 9.17) is 4.74 Å². The van der Waals surface area contributed by atoms with Crippen molar-refractivity contribution in [3.05, 3.63) is 53.1 Å². The number of hydrogen-bond acceptors (Lipinski definition) is 4. The molecule has 1 N–H and O–H groups in total. The molecular weight excluding hydrogens is 240 g/mol. The molecule has 0 saturated carbocycles. The van der Waals surface area contributed by atoms with E-state index in [1.54, 1.807) is 13.1 Å². The first-order valence-electron chi connectivity index (χ1n) is 6.41. The number of aromatic nitrogens is 2. The Balaban J connectivity index is 1.88. The molecule has 2 aromatic rings. The van der Waals surface area contributed by atoms with Gasteiger partial charge in [-0.15, -0.1) is 0 Å². The molecule has 1 aliphatic rings. The van der Waals surface area contributed by atoms with E-state index in [2.05, 4.69) is 16.0 Å². The Bertz CT molecular complexity index is 586. The van der Waals surface area contributed by atoms with E-state index in [1.165, 1.54) is 5.56 Å². The number of fused-ring (bicyclic) bond motifs is 1. The fourth-order valence-electron chi connectivity index (χ4n) is 2.39. The van der Waals surface area contributed by atoms with Crippen LogP contribution in [-0.2, 0) is 6.42 Å². The lowest BCUT2D eigenvalue weighted by Crippen LogP contribution is -2.11. The second kappa shape index (κ2) is 4.63. The monoisotopic (exact) mass is 256 g/mol. The van der Waals surface area contributed by atoms with E-state index >= 15 is 0 Å². The van der Waals surface area contributed by atoms with E-state index in [-0.39, 0.29) is 6.10 Å². The van der Waals surface area contributed by atoms with Crippen LogP contribution in [0.5, 0.6) is 5.75 Å². The summed E-state index contributed by atoms with van der Waals surface area (Å²) in [6, 6.07) is 8.00. The summed E-state index contributed by atoms with van der Waals surface area (Å²) < 4.78 is 5.86. The van der Waals surface area contributed by atoms with Crippen molar-refractivity contribution in [1.82, 2.24) is 9.97 Å². The SMILES string of the molecule is Cc1nc(C2Cc3ccccc3O2)ncc1C(C)O. The van der Waals surface area contributed by atoms with Gasteiger partial charge in [-0.25, -0.2) is 9.97 Å². The highest BCUT2D eigenvalue weighted by molar-refractivity contribution is 5.38. The lowest BCUT2D eigenvalue weighted by Gasteiger charge is -2.12. The zero-order valence-corrected chi connectivity index (χ0v) is 11.0. The van der Waals surface area contributed by atoms with Crippen molar-refractivity contribution in [2.24, 2.45) is 0 Å². The number of para-hydroxylation sites is 1. The third-order valence-corrected chi connectivity index (χ3v) is 3.42. The predicted molar refractivity (Wildman–Crippen MR) is 70.9 cm³/mol. The first-order chi connectivity index (χ1) is 9.15. The van der Waals surface area contributed by atoms with Gasteiger partial charge in [-0.3, -0.25) is 0 Å². The first kappa shape index (κ1) is 12.1. The Morgan fingerprint density at radius 2 is 2.16 bits per heavy atom. The topological polar surface area (TPSA) is 55.2 Å². The second-order valence-corrected chi connectivity index (χ2v) is 4.86. The van der Waals surface area contributed by atoms with Gasteiger partial charge in [-0.2, -0.15) is 0 Å². The molecule has 0 radical (unpaired) electrons. The minimum absolute atomic E-state index is 0.126. The molecule has 0 fully saturated rings. The molecule has 19 heavy (non-hydrogen) atoms. The number of benzene rings is 1. The quantitative estimate of drug-likeness (QED) is 0.897. The highest BCUT2D eigenvalue weighted by Gasteiger charge is 2.26. The fourth-order valence-corrected chi connectivity index (χ4v) is 2.39. The number of aryl methyl sites for hydroxylation is 1. The summed E-state index contributed by atoms with van der Waals surface area (Å²) in [4.78, 5) is 8.79. The van der Waals surface area contributed by atoms with Crippen molar-refractivity contribution in [3.63, 3.8) is 0 Å². The summed E-state index contributed by atoms with van der Waals surface area (Å²) in [5.74, 6) is 1.59. The van der Waals surface area contributed by atoms with Crippen LogP contribution in [0, 0.1) is 6.92 Å². The van der Waals surface area contributed by atoms with Crippen LogP contribution in [0.1, 0.15) is 41.8 Å². The number of ether oxygens (including phenoxy) is 1. The standard InChI is InChI=1S/C15H16N2O2/c1-9-12(10(2)18)8-16-15(17-9)14-7-11-5-3-4-6-13(11)19-14/h3-6,8,10,14,18H,7H2,1-2H3. The number of hydrogen-bond donors (Lipinski definition) is 1. The zero-order chi connectivity index (χ0) is 13.4. The zero-order valence-electron chi connectivity index (χ0n) is 11.0. The molecule has 2 atom stereocenters. The van der Waals surface area contributed by atoms with Crippen molar-refractivity contribution >= 4 is 0 Å². The molecule has 4 heteroatoms. The van der Waals surface area contributed by atoms with Crippen molar-refractivity contribution in [1.29, 1.82) is 0 Å². The van der Waals surface area contributed by atoms with Crippen molar-refractivity contribution in [2.45, 2.75) is 32.5 Å². The van der Waals surface area contributed by atoms with E-state index < -0.39 is 6.10 Å². The Morgan fingerprint density at radius 3 is 2.84 bits per heavy atom. The molecule has 0 spiro atoms. The van der Waals surface area contributed by atoms with Gasteiger partial charge in [0.15, 0.2) is 11.9 Å². The van der Waals surface area contributed by atoms with Gasteiger partial charge in [0.25, 0.3) is 0 Å². The molecule has 1 aromatic heterocycles. The number of aliphatic hydroxyl groups is 1. The van der Waals surface area contributed by atoms with E-state index in [0.717, 1.165) is 23.4 Å². The van der Waals surface area contributed by atoms with Gasteiger partial charge in [-0.1, -0.05) is 18.2 Å². The molecule has 2 heterocycles. The highest BCUT2D eigenvalue weighted by atomic mass is 16.5. The summed E-state index contributed by atoms with van der Waals surface area (Å²) in [5, 5.41) is 9.59. The van der Waals surface area contributed by atoms with Gasteiger partial charge < -0.3 is 9.84 Å². The van der Waals surface area contributed by atoms with Crippen LogP contribution in [0.25, 0.3) is 0 Å².